The maximum atomic E-state index is 14.4. The smallest absolute Gasteiger partial charge is 0.244 e. The molecule has 186 valence electrons. The fraction of sp³-hybridized carbons (Fsp3) is 0.417. The molecule has 2 rings (SSSR count). The number of sulfonamides is 1. The third-order valence-electron chi connectivity index (χ3n) is 5.65. The molecule has 0 heterocycles. The Hall–Kier alpha value is -2.65. The normalized spacial score (nSPS) is 13.1. The molecule has 0 spiro atoms. The van der Waals surface area contributed by atoms with Crippen LogP contribution in [0.15, 0.2) is 42.5 Å². The Kier molecular flexibility index (Phi) is 9.46. The second-order valence-electron chi connectivity index (χ2n) is 8.26. The summed E-state index contributed by atoms with van der Waals surface area (Å²) in [6, 6.07) is 9.60. The van der Waals surface area contributed by atoms with E-state index in [9.17, 15) is 22.4 Å². The molecule has 2 atom stereocenters. The summed E-state index contributed by atoms with van der Waals surface area (Å²) in [5, 5.41) is 3.17. The molecule has 0 aliphatic heterocycles. The average molecular weight is 512 g/mol. The van der Waals surface area contributed by atoms with Crippen molar-refractivity contribution in [1.29, 1.82) is 0 Å². The molecule has 0 aliphatic carbocycles. The Morgan fingerprint density at radius 2 is 1.76 bits per heavy atom. The van der Waals surface area contributed by atoms with E-state index in [0.717, 1.165) is 10.6 Å². The number of amides is 2. The van der Waals surface area contributed by atoms with Gasteiger partial charge in [0.2, 0.25) is 21.8 Å². The number of halogens is 2. The maximum absolute atomic E-state index is 14.4. The number of hydrogen-bond acceptors (Lipinski definition) is 4. The summed E-state index contributed by atoms with van der Waals surface area (Å²) in [5.41, 5.74) is 0.959. The van der Waals surface area contributed by atoms with E-state index in [1.54, 1.807) is 31.2 Å². The van der Waals surface area contributed by atoms with E-state index in [-0.39, 0.29) is 23.8 Å². The first-order valence-corrected chi connectivity index (χ1v) is 13.2. The first-order chi connectivity index (χ1) is 15.9. The molecule has 7 nitrogen and oxygen atoms in total. The van der Waals surface area contributed by atoms with Crippen molar-refractivity contribution in [2.45, 2.75) is 52.7 Å². The van der Waals surface area contributed by atoms with Gasteiger partial charge in [0.05, 0.1) is 11.9 Å². The van der Waals surface area contributed by atoms with Gasteiger partial charge in [0.15, 0.2) is 0 Å². The third-order valence-corrected chi connectivity index (χ3v) is 7.19. The summed E-state index contributed by atoms with van der Waals surface area (Å²) >= 11 is 6.17. The quantitative estimate of drug-likeness (QED) is 0.524. The van der Waals surface area contributed by atoms with Crippen molar-refractivity contribution < 1.29 is 22.4 Å². The van der Waals surface area contributed by atoms with Crippen LogP contribution >= 0.6 is 11.6 Å². The lowest BCUT2D eigenvalue weighted by Gasteiger charge is -2.32. The molecule has 0 aliphatic rings. The fourth-order valence-electron chi connectivity index (χ4n) is 3.32. The van der Waals surface area contributed by atoms with E-state index in [1.165, 1.54) is 30.0 Å². The van der Waals surface area contributed by atoms with Gasteiger partial charge in [0.25, 0.3) is 0 Å². The van der Waals surface area contributed by atoms with Crippen LogP contribution in [0.5, 0.6) is 0 Å². The minimum atomic E-state index is -3.88. The minimum absolute atomic E-state index is 0.123. The molecule has 0 fully saturated rings. The molecule has 2 amide bonds. The third kappa shape index (κ3) is 6.93. The molecule has 0 bridgehead atoms. The number of nitrogens with one attached hydrogen (secondary N) is 1. The summed E-state index contributed by atoms with van der Waals surface area (Å²) in [6.45, 7) is 6.16. The molecule has 0 radical (unpaired) electrons. The van der Waals surface area contributed by atoms with Crippen LogP contribution in [0.1, 0.15) is 38.3 Å². The van der Waals surface area contributed by atoms with Crippen molar-refractivity contribution >= 4 is 39.1 Å². The highest BCUT2D eigenvalue weighted by Gasteiger charge is 2.31. The molecule has 34 heavy (non-hydrogen) atoms. The van der Waals surface area contributed by atoms with E-state index in [0.29, 0.717) is 17.0 Å². The minimum Gasteiger partial charge on any atom is -0.352 e. The lowest BCUT2D eigenvalue weighted by atomic mass is 10.1. The molecule has 1 N–H and O–H groups in total. The van der Waals surface area contributed by atoms with Crippen molar-refractivity contribution in [2.24, 2.45) is 0 Å². The molecule has 0 unspecified atom stereocenters. The van der Waals surface area contributed by atoms with Crippen LogP contribution in [0.4, 0.5) is 10.1 Å². The Labute approximate surface area is 205 Å². The van der Waals surface area contributed by atoms with Crippen molar-refractivity contribution in [3.05, 3.63) is 64.4 Å². The van der Waals surface area contributed by atoms with Gasteiger partial charge in [0.1, 0.15) is 18.4 Å². The average Bonchev–Trinajstić information content (AvgIpc) is 2.77. The second-order valence-corrected chi connectivity index (χ2v) is 10.6. The molecule has 10 heteroatoms. The van der Waals surface area contributed by atoms with Crippen LogP contribution in [-0.2, 0) is 26.2 Å². The van der Waals surface area contributed by atoms with E-state index < -0.39 is 40.2 Å². The Morgan fingerprint density at radius 3 is 2.35 bits per heavy atom. The summed E-state index contributed by atoms with van der Waals surface area (Å²) in [6.07, 6.45) is 1.68. The maximum Gasteiger partial charge on any atom is 0.244 e. The number of nitrogens with zero attached hydrogens (tertiary/aromatic N) is 2. The van der Waals surface area contributed by atoms with Gasteiger partial charge in [-0.2, -0.15) is 0 Å². The van der Waals surface area contributed by atoms with E-state index in [4.69, 9.17) is 11.6 Å². The monoisotopic (exact) mass is 511 g/mol. The van der Waals surface area contributed by atoms with E-state index in [2.05, 4.69) is 5.32 Å². The van der Waals surface area contributed by atoms with Crippen LogP contribution in [0.3, 0.4) is 0 Å². The van der Waals surface area contributed by atoms with Crippen molar-refractivity contribution in [3.8, 4) is 0 Å². The van der Waals surface area contributed by atoms with Gasteiger partial charge in [-0.1, -0.05) is 42.8 Å². The predicted octanol–water partition coefficient (Wildman–Crippen LogP) is 3.89. The van der Waals surface area contributed by atoms with Crippen LogP contribution in [0, 0.1) is 12.7 Å². The molecule has 0 saturated heterocycles. The lowest BCUT2D eigenvalue weighted by Crippen LogP contribution is -2.52. The summed E-state index contributed by atoms with van der Waals surface area (Å²) in [7, 11) is -3.88. The van der Waals surface area contributed by atoms with Crippen molar-refractivity contribution in [1.82, 2.24) is 10.2 Å². The van der Waals surface area contributed by atoms with E-state index in [1.807, 2.05) is 13.8 Å². The van der Waals surface area contributed by atoms with Crippen LogP contribution in [0.25, 0.3) is 0 Å². The summed E-state index contributed by atoms with van der Waals surface area (Å²) in [4.78, 5) is 27.5. The van der Waals surface area contributed by atoms with Crippen LogP contribution in [-0.4, -0.2) is 50.0 Å². The first-order valence-electron chi connectivity index (χ1n) is 10.9. The molecular formula is C24H31ClFN3O4S. The van der Waals surface area contributed by atoms with Gasteiger partial charge in [-0.05, 0) is 51.0 Å². The number of benzene rings is 2. The molecule has 0 saturated carbocycles. The zero-order valence-electron chi connectivity index (χ0n) is 20.0. The van der Waals surface area contributed by atoms with Crippen LogP contribution < -0.4 is 9.62 Å². The zero-order chi connectivity index (χ0) is 25.6. The largest absolute Gasteiger partial charge is 0.352 e. The Morgan fingerprint density at radius 1 is 1.12 bits per heavy atom. The standard InChI is InChI=1S/C24H31ClFN3O4S/c1-6-16(2)27-24(31)18(4)28(14-19-10-7-8-12-21(19)26)23(30)15-29(34(5,32)33)22-13-9-11-20(25)17(22)3/h7-13,16,18H,6,14-15H2,1-5H3,(H,27,31)/t16-,18-/m1/s1. The van der Waals surface area contributed by atoms with Crippen molar-refractivity contribution in [3.63, 3.8) is 0 Å². The van der Waals surface area contributed by atoms with Gasteiger partial charge >= 0.3 is 0 Å². The summed E-state index contributed by atoms with van der Waals surface area (Å²) < 4.78 is 40.6. The first kappa shape index (κ1) is 27.6. The van der Waals surface area contributed by atoms with Gasteiger partial charge in [-0.25, -0.2) is 12.8 Å². The lowest BCUT2D eigenvalue weighted by molar-refractivity contribution is -0.139. The number of carbonyl (C=O) groups is 2. The molecule has 2 aromatic carbocycles. The number of rotatable bonds is 10. The highest BCUT2D eigenvalue weighted by Crippen LogP contribution is 2.28. The Bertz CT molecular complexity index is 1140. The SMILES string of the molecule is CC[C@@H](C)NC(=O)[C@@H](C)N(Cc1ccccc1F)C(=O)CN(c1cccc(Cl)c1C)S(C)(=O)=O. The van der Waals surface area contributed by atoms with E-state index >= 15 is 0 Å². The van der Waals surface area contributed by atoms with Gasteiger partial charge in [-0.3, -0.25) is 13.9 Å². The predicted molar refractivity (Wildman–Crippen MR) is 133 cm³/mol. The topological polar surface area (TPSA) is 86.8 Å². The van der Waals surface area contributed by atoms with Gasteiger partial charge < -0.3 is 10.2 Å². The second kappa shape index (κ2) is 11.7. The zero-order valence-corrected chi connectivity index (χ0v) is 21.6. The molecule has 0 aromatic heterocycles. The van der Waals surface area contributed by atoms with Crippen LogP contribution in [0.2, 0.25) is 5.02 Å². The number of anilines is 1. The van der Waals surface area contributed by atoms with Gasteiger partial charge in [0, 0.05) is 23.2 Å². The Balaban J connectivity index is 2.45. The molecule has 2 aromatic rings. The van der Waals surface area contributed by atoms with Gasteiger partial charge in [-0.15, -0.1) is 0 Å². The number of hydrogen-bond donors (Lipinski definition) is 1. The fourth-order valence-corrected chi connectivity index (χ4v) is 4.39. The summed E-state index contributed by atoms with van der Waals surface area (Å²) in [5.74, 6) is -1.59. The number of carbonyl (C=O) groups excluding carboxylic acids is 2. The highest BCUT2D eigenvalue weighted by atomic mass is 35.5. The van der Waals surface area contributed by atoms with Crippen molar-refractivity contribution in [2.75, 3.05) is 17.1 Å². The molecular weight excluding hydrogens is 481 g/mol. The highest BCUT2D eigenvalue weighted by molar-refractivity contribution is 7.92.